The van der Waals surface area contributed by atoms with Gasteiger partial charge in [-0.3, -0.25) is 4.79 Å². The number of aliphatic imine (C=N–C) groups is 1. The SMILES string of the molecule is COc1ccc(NC(=O)c2nc(NC3CCCCC3N=C(N)N)c3cc(C)ccc3n2)cn1. The molecule has 172 valence electrons. The molecule has 0 radical (unpaired) electrons. The minimum Gasteiger partial charge on any atom is -0.481 e. The van der Waals surface area contributed by atoms with Crippen molar-refractivity contribution < 1.29 is 9.53 Å². The lowest BCUT2D eigenvalue weighted by Crippen LogP contribution is -2.38. The Bertz CT molecular complexity index is 1180. The molecule has 10 heteroatoms. The molecule has 4 rings (SSSR count). The standard InChI is InChI=1S/C23H28N8O2/c1-13-7-9-16-15(11-13)20(29-17-5-3-4-6-18(17)30-23(24)25)31-21(28-16)22(32)27-14-8-10-19(33-2)26-12-14/h7-12,17-18H,3-6H2,1-2H3,(H,27,32)(H4,24,25,30)(H,28,29,31). The highest BCUT2D eigenvalue weighted by atomic mass is 16.5. The number of hydrogen-bond acceptors (Lipinski definition) is 7. The number of benzene rings is 1. The molecule has 2 heterocycles. The van der Waals surface area contributed by atoms with E-state index in [1.165, 1.54) is 13.3 Å². The summed E-state index contributed by atoms with van der Waals surface area (Å²) < 4.78 is 5.06. The summed E-state index contributed by atoms with van der Waals surface area (Å²) in [4.78, 5) is 30.6. The Morgan fingerprint density at radius 1 is 1.15 bits per heavy atom. The smallest absolute Gasteiger partial charge is 0.293 e. The molecular weight excluding hydrogens is 420 g/mol. The van der Waals surface area contributed by atoms with E-state index in [9.17, 15) is 4.79 Å². The van der Waals surface area contributed by atoms with Gasteiger partial charge >= 0.3 is 0 Å². The second kappa shape index (κ2) is 9.68. The van der Waals surface area contributed by atoms with Crippen LogP contribution in [0.5, 0.6) is 5.88 Å². The van der Waals surface area contributed by atoms with Crippen molar-refractivity contribution in [3.05, 3.63) is 47.9 Å². The summed E-state index contributed by atoms with van der Waals surface area (Å²) in [6.07, 6.45) is 5.43. The molecule has 1 saturated carbocycles. The second-order valence-electron chi connectivity index (χ2n) is 8.12. The molecule has 0 saturated heterocycles. The van der Waals surface area contributed by atoms with Gasteiger partial charge in [-0.05, 0) is 38.0 Å². The number of aryl methyl sites for hydroxylation is 1. The summed E-state index contributed by atoms with van der Waals surface area (Å²) in [6.45, 7) is 2.00. The zero-order valence-electron chi connectivity index (χ0n) is 18.7. The zero-order valence-corrected chi connectivity index (χ0v) is 18.7. The van der Waals surface area contributed by atoms with Gasteiger partial charge in [0.1, 0.15) is 5.82 Å². The lowest BCUT2D eigenvalue weighted by Gasteiger charge is -2.30. The van der Waals surface area contributed by atoms with Crippen molar-refractivity contribution in [2.45, 2.75) is 44.7 Å². The summed E-state index contributed by atoms with van der Waals surface area (Å²) in [5.74, 6) is 0.741. The fraction of sp³-hybridized carbons (Fsp3) is 0.348. The third kappa shape index (κ3) is 5.28. The number of pyridine rings is 1. The number of nitrogens with two attached hydrogens (primary N) is 2. The van der Waals surface area contributed by atoms with Crippen molar-refractivity contribution in [3.8, 4) is 5.88 Å². The lowest BCUT2D eigenvalue weighted by atomic mass is 9.90. The van der Waals surface area contributed by atoms with Crippen molar-refractivity contribution >= 4 is 34.3 Å². The maximum atomic E-state index is 13.0. The van der Waals surface area contributed by atoms with E-state index < -0.39 is 5.91 Å². The fourth-order valence-electron chi connectivity index (χ4n) is 4.02. The Balaban J connectivity index is 1.66. The maximum absolute atomic E-state index is 13.0. The van der Waals surface area contributed by atoms with Crippen LogP contribution in [0.15, 0.2) is 41.5 Å². The van der Waals surface area contributed by atoms with E-state index in [0.29, 0.717) is 22.9 Å². The Kier molecular flexibility index (Phi) is 6.53. The van der Waals surface area contributed by atoms with E-state index in [2.05, 4.69) is 30.6 Å². The van der Waals surface area contributed by atoms with Gasteiger partial charge in [-0.1, -0.05) is 24.5 Å². The van der Waals surface area contributed by atoms with E-state index in [4.69, 9.17) is 16.2 Å². The fourth-order valence-corrected chi connectivity index (χ4v) is 4.02. The van der Waals surface area contributed by atoms with Crippen LogP contribution in [0.3, 0.4) is 0 Å². The quantitative estimate of drug-likeness (QED) is 0.331. The number of aromatic nitrogens is 3. The molecule has 1 aromatic carbocycles. The van der Waals surface area contributed by atoms with E-state index in [1.807, 2.05) is 25.1 Å². The topological polar surface area (TPSA) is 153 Å². The van der Waals surface area contributed by atoms with Crippen LogP contribution in [0.2, 0.25) is 0 Å². The molecular formula is C23H28N8O2. The number of carbonyl (C=O) groups excluding carboxylic acids is 1. The minimum atomic E-state index is -0.433. The molecule has 1 amide bonds. The van der Waals surface area contributed by atoms with E-state index in [0.717, 1.165) is 36.6 Å². The highest BCUT2D eigenvalue weighted by molar-refractivity contribution is 6.03. The number of amides is 1. The number of methoxy groups -OCH3 is 1. The van der Waals surface area contributed by atoms with Crippen LogP contribution in [0, 0.1) is 6.92 Å². The summed E-state index contributed by atoms with van der Waals surface area (Å²) in [5.41, 5.74) is 13.6. The zero-order chi connectivity index (χ0) is 23.4. The normalized spacial score (nSPS) is 17.9. The minimum absolute atomic E-state index is 0.00108. The molecule has 33 heavy (non-hydrogen) atoms. The first-order valence-electron chi connectivity index (χ1n) is 10.9. The van der Waals surface area contributed by atoms with Gasteiger partial charge in [0.05, 0.1) is 36.6 Å². The second-order valence-corrected chi connectivity index (χ2v) is 8.12. The van der Waals surface area contributed by atoms with Crippen molar-refractivity contribution in [2.75, 3.05) is 17.7 Å². The predicted octanol–water partition coefficient (Wildman–Crippen LogP) is 2.59. The number of carbonyl (C=O) groups is 1. The molecule has 1 aliphatic carbocycles. The number of ether oxygens (including phenoxy) is 1. The predicted molar refractivity (Wildman–Crippen MR) is 128 cm³/mol. The van der Waals surface area contributed by atoms with Gasteiger partial charge in [-0.15, -0.1) is 0 Å². The number of hydrogen-bond donors (Lipinski definition) is 4. The van der Waals surface area contributed by atoms with E-state index in [-0.39, 0.29) is 23.9 Å². The van der Waals surface area contributed by atoms with Crippen LogP contribution in [-0.2, 0) is 0 Å². The first kappa shape index (κ1) is 22.3. The largest absolute Gasteiger partial charge is 0.481 e. The van der Waals surface area contributed by atoms with Crippen molar-refractivity contribution in [1.82, 2.24) is 15.0 Å². The number of fused-ring (bicyclic) bond motifs is 1. The summed E-state index contributed by atoms with van der Waals surface area (Å²) in [7, 11) is 1.53. The Morgan fingerprint density at radius 2 is 1.97 bits per heavy atom. The van der Waals surface area contributed by atoms with Crippen molar-refractivity contribution in [3.63, 3.8) is 0 Å². The molecule has 2 unspecified atom stereocenters. The molecule has 0 bridgehead atoms. The molecule has 3 aromatic rings. The van der Waals surface area contributed by atoms with Crippen molar-refractivity contribution in [2.24, 2.45) is 16.5 Å². The van der Waals surface area contributed by atoms with Crippen molar-refractivity contribution in [1.29, 1.82) is 0 Å². The molecule has 10 nitrogen and oxygen atoms in total. The first-order valence-corrected chi connectivity index (χ1v) is 10.9. The van der Waals surface area contributed by atoms with Crippen LogP contribution in [0.4, 0.5) is 11.5 Å². The third-order valence-corrected chi connectivity index (χ3v) is 5.62. The Morgan fingerprint density at radius 3 is 2.70 bits per heavy atom. The lowest BCUT2D eigenvalue weighted by molar-refractivity contribution is 0.101. The van der Waals surface area contributed by atoms with E-state index >= 15 is 0 Å². The number of guanidine groups is 1. The third-order valence-electron chi connectivity index (χ3n) is 5.62. The molecule has 2 aromatic heterocycles. The summed E-state index contributed by atoms with van der Waals surface area (Å²) in [5, 5.41) is 7.13. The maximum Gasteiger partial charge on any atom is 0.293 e. The van der Waals surface area contributed by atoms with E-state index in [1.54, 1.807) is 12.1 Å². The highest BCUT2D eigenvalue weighted by Crippen LogP contribution is 2.28. The van der Waals surface area contributed by atoms with Gasteiger partial charge in [-0.25, -0.2) is 19.9 Å². The number of nitrogens with zero attached hydrogens (tertiary/aromatic N) is 4. The average molecular weight is 449 g/mol. The Labute approximate surface area is 191 Å². The van der Waals surface area contributed by atoms with Gasteiger partial charge in [0, 0.05) is 11.5 Å². The van der Waals surface area contributed by atoms with Gasteiger partial charge < -0.3 is 26.8 Å². The van der Waals surface area contributed by atoms with Crippen LogP contribution >= 0.6 is 0 Å². The van der Waals surface area contributed by atoms with Gasteiger partial charge in [-0.2, -0.15) is 0 Å². The van der Waals surface area contributed by atoms with Crippen LogP contribution in [0.25, 0.3) is 10.9 Å². The molecule has 1 fully saturated rings. The van der Waals surface area contributed by atoms with Gasteiger partial charge in [0.25, 0.3) is 5.91 Å². The van der Waals surface area contributed by atoms with Crippen LogP contribution < -0.4 is 26.8 Å². The van der Waals surface area contributed by atoms with Crippen LogP contribution in [0.1, 0.15) is 41.9 Å². The molecule has 0 spiro atoms. The Hall–Kier alpha value is -3.95. The number of anilines is 2. The molecule has 1 aliphatic rings. The first-order chi connectivity index (χ1) is 15.9. The molecule has 0 aliphatic heterocycles. The highest BCUT2D eigenvalue weighted by Gasteiger charge is 2.26. The van der Waals surface area contributed by atoms with Gasteiger partial charge in [0.15, 0.2) is 5.96 Å². The monoisotopic (exact) mass is 448 g/mol. The summed E-state index contributed by atoms with van der Waals surface area (Å²) >= 11 is 0. The number of nitrogens with one attached hydrogen (secondary N) is 2. The molecule has 2 atom stereocenters. The van der Waals surface area contributed by atoms with Gasteiger partial charge in [0.2, 0.25) is 11.7 Å². The van der Waals surface area contributed by atoms with Crippen LogP contribution in [-0.4, -0.2) is 46.0 Å². The average Bonchev–Trinajstić information content (AvgIpc) is 2.80. The summed E-state index contributed by atoms with van der Waals surface area (Å²) in [6, 6.07) is 9.16. The molecule has 6 N–H and O–H groups in total. The number of rotatable bonds is 6.